The molecular weight excluding hydrogens is 464 g/mol. The number of carbonyl (C=O) groups excluding carboxylic acids is 4. The van der Waals surface area contributed by atoms with Crippen molar-refractivity contribution in [1.29, 1.82) is 0 Å². The molecule has 1 aromatic carbocycles. The number of carboxylic acids is 1. The number of nitrogens with one attached hydrogen (secondary N) is 1. The second-order valence-corrected chi connectivity index (χ2v) is 9.96. The summed E-state index contributed by atoms with van der Waals surface area (Å²) in [6, 6.07) is 6.90. The first-order valence-corrected chi connectivity index (χ1v) is 11.2. The van der Waals surface area contributed by atoms with Gasteiger partial charge in [-0.25, -0.2) is 9.59 Å². The predicted molar refractivity (Wildman–Crippen MR) is 119 cm³/mol. The largest absolute Gasteiger partial charge is 0.478 e. The number of hydrogen-bond donors (Lipinski definition) is 2. The van der Waals surface area contributed by atoms with Crippen molar-refractivity contribution in [3.63, 3.8) is 0 Å². The van der Waals surface area contributed by atoms with E-state index in [1.807, 2.05) is 0 Å². The molecule has 0 radical (unpaired) electrons. The van der Waals surface area contributed by atoms with Gasteiger partial charge < -0.3 is 19.9 Å². The lowest BCUT2D eigenvalue weighted by Crippen LogP contribution is -2.43. The van der Waals surface area contributed by atoms with E-state index in [1.165, 1.54) is 0 Å². The Labute approximate surface area is 198 Å². The third-order valence-corrected chi connectivity index (χ3v) is 6.40. The third kappa shape index (κ3) is 4.44. The summed E-state index contributed by atoms with van der Waals surface area (Å²) in [4.78, 5) is 63.6. The highest BCUT2D eigenvalue weighted by Gasteiger charge is 2.40. The maximum absolute atomic E-state index is 13.1. The van der Waals surface area contributed by atoms with Gasteiger partial charge in [0.2, 0.25) is 0 Å². The fraction of sp³-hybridized carbons (Fsp3) is 0.348. The molecule has 0 spiro atoms. The summed E-state index contributed by atoms with van der Waals surface area (Å²) in [7, 11) is 0. The van der Waals surface area contributed by atoms with Crippen molar-refractivity contribution in [2.45, 2.75) is 52.0 Å². The van der Waals surface area contributed by atoms with Crippen molar-refractivity contribution in [3.8, 4) is 0 Å². The van der Waals surface area contributed by atoms with Crippen LogP contribution in [-0.4, -0.2) is 51.4 Å². The molecule has 0 aliphatic carbocycles. The van der Waals surface area contributed by atoms with E-state index in [1.54, 1.807) is 45.0 Å². The van der Waals surface area contributed by atoms with Crippen LogP contribution in [0.15, 0.2) is 24.3 Å². The van der Waals surface area contributed by atoms with Gasteiger partial charge >= 0.3 is 17.8 Å². The van der Waals surface area contributed by atoms with E-state index in [2.05, 4.69) is 5.32 Å². The maximum Gasteiger partial charge on any atom is 0.397 e. The number of fused-ring (bicyclic) bond motifs is 2. The van der Waals surface area contributed by atoms with Crippen LogP contribution in [-0.2, 0) is 43.4 Å². The van der Waals surface area contributed by atoms with Crippen LogP contribution in [0.4, 0.5) is 5.00 Å². The van der Waals surface area contributed by atoms with Crippen LogP contribution in [0.3, 0.4) is 0 Å². The molecule has 4 rings (SSSR count). The van der Waals surface area contributed by atoms with Crippen LogP contribution in [0.1, 0.15) is 57.5 Å². The van der Waals surface area contributed by atoms with Gasteiger partial charge in [0.1, 0.15) is 16.7 Å². The summed E-state index contributed by atoms with van der Waals surface area (Å²) < 4.78 is 10.7. The summed E-state index contributed by atoms with van der Waals surface area (Å²) in [5, 5.41) is 12.1. The molecule has 10 nitrogen and oxygen atoms in total. The molecule has 2 aliphatic rings. The van der Waals surface area contributed by atoms with E-state index in [0.29, 0.717) is 16.0 Å². The van der Waals surface area contributed by atoms with Crippen LogP contribution < -0.4 is 5.32 Å². The van der Waals surface area contributed by atoms with Gasteiger partial charge in [-0.05, 0) is 38.0 Å². The number of esters is 1. The molecule has 1 unspecified atom stereocenters. The summed E-state index contributed by atoms with van der Waals surface area (Å²) in [6.07, 6.45) is -1.15. The van der Waals surface area contributed by atoms with E-state index in [-0.39, 0.29) is 30.1 Å². The van der Waals surface area contributed by atoms with Crippen molar-refractivity contribution in [2.75, 3.05) is 5.32 Å². The molecule has 0 saturated carbocycles. The number of carboxylic acid groups (broad SMARTS) is 1. The lowest BCUT2D eigenvalue weighted by molar-refractivity contribution is -0.161. The zero-order valence-corrected chi connectivity index (χ0v) is 19.5. The molecule has 2 N–H and O–H groups in total. The molecule has 0 saturated heterocycles. The van der Waals surface area contributed by atoms with Crippen molar-refractivity contribution < 1.29 is 38.6 Å². The Bertz CT molecular complexity index is 1230. The normalized spacial score (nSPS) is 17.1. The molecule has 3 heterocycles. The van der Waals surface area contributed by atoms with Gasteiger partial charge in [0.05, 0.1) is 18.7 Å². The van der Waals surface area contributed by atoms with Crippen LogP contribution in [0.2, 0.25) is 0 Å². The highest BCUT2D eigenvalue weighted by atomic mass is 32.1. The second-order valence-electron chi connectivity index (χ2n) is 8.86. The number of hydrogen-bond acceptors (Lipinski definition) is 8. The smallest absolute Gasteiger partial charge is 0.397 e. The fourth-order valence-corrected chi connectivity index (χ4v) is 4.96. The number of benzene rings is 1. The van der Waals surface area contributed by atoms with E-state index in [0.717, 1.165) is 21.8 Å². The van der Waals surface area contributed by atoms with Gasteiger partial charge in [0.25, 0.3) is 11.8 Å². The van der Waals surface area contributed by atoms with E-state index in [9.17, 15) is 29.1 Å². The van der Waals surface area contributed by atoms with E-state index >= 15 is 0 Å². The lowest BCUT2D eigenvalue weighted by atomic mass is 10.00. The molecule has 11 heteroatoms. The first-order chi connectivity index (χ1) is 16.0. The molecule has 3 amide bonds. The molecule has 2 aliphatic heterocycles. The number of amides is 3. The first-order valence-electron chi connectivity index (χ1n) is 10.4. The second kappa shape index (κ2) is 8.65. The number of anilines is 1. The van der Waals surface area contributed by atoms with Crippen LogP contribution in [0.25, 0.3) is 0 Å². The third-order valence-electron chi connectivity index (χ3n) is 5.28. The zero-order valence-electron chi connectivity index (χ0n) is 18.7. The lowest BCUT2D eigenvalue weighted by Gasteiger charge is -2.26. The minimum Gasteiger partial charge on any atom is -0.478 e. The molecule has 0 fully saturated rings. The van der Waals surface area contributed by atoms with Crippen LogP contribution >= 0.6 is 11.3 Å². The van der Waals surface area contributed by atoms with Crippen LogP contribution in [0, 0.1) is 0 Å². The minimum absolute atomic E-state index is 0.0466. The maximum atomic E-state index is 13.1. The monoisotopic (exact) mass is 486 g/mol. The van der Waals surface area contributed by atoms with Gasteiger partial charge in [-0.15, -0.1) is 11.3 Å². The summed E-state index contributed by atoms with van der Waals surface area (Å²) in [6.45, 7) is 4.84. The standard InChI is InChI=1S/C23H22N2O8S/c1-23(2,3)33-22(31)17(26)24-18-16(21(29)30)13-8-14(32-10-15(13)34-18)20(28)25-9-11-6-4-5-7-12(11)19(25)27/h4-7,14H,8-10H2,1-3H3,(H,24,26)(H,29,30). The average molecular weight is 487 g/mol. The van der Waals surface area contributed by atoms with Gasteiger partial charge in [0.15, 0.2) is 0 Å². The van der Waals surface area contributed by atoms with E-state index < -0.39 is 41.4 Å². The number of aromatic carboxylic acids is 1. The van der Waals surface area contributed by atoms with Crippen molar-refractivity contribution in [2.24, 2.45) is 0 Å². The Morgan fingerprint density at radius 1 is 1.21 bits per heavy atom. The molecule has 0 bridgehead atoms. The van der Waals surface area contributed by atoms with Gasteiger partial charge in [0, 0.05) is 16.9 Å². The fourth-order valence-electron chi connectivity index (χ4n) is 3.82. The molecular formula is C23H22N2O8S. The quantitative estimate of drug-likeness (QED) is 0.383. The van der Waals surface area contributed by atoms with E-state index in [4.69, 9.17) is 9.47 Å². The van der Waals surface area contributed by atoms with Crippen molar-refractivity contribution >= 4 is 46.0 Å². The zero-order chi connectivity index (χ0) is 24.8. The average Bonchev–Trinajstić information content (AvgIpc) is 3.29. The minimum atomic E-state index is -1.32. The summed E-state index contributed by atoms with van der Waals surface area (Å²) in [5.41, 5.74) is 0.389. The number of ether oxygens (including phenoxy) is 2. The molecule has 34 heavy (non-hydrogen) atoms. The molecule has 178 valence electrons. The molecule has 1 atom stereocenters. The van der Waals surface area contributed by atoms with Gasteiger partial charge in [-0.1, -0.05) is 18.2 Å². The number of rotatable bonds is 3. The van der Waals surface area contributed by atoms with Gasteiger partial charge in [-0.2, -0.15) is 0 Å². The summed E-state index contributed by atoms with van der Waals surface area (Å²) >= 11 is 0.953. The SMILES string of the molecule is CC(C)(C)OC(=O)C(=O)Nc1sc2c(c1C(=O)O)CC(C(=O)N1Cc3ccccc3C1=O)OC2. The number of carbonyl (C=O) groups is 5. The first kappa shape index (κ1) is 23.6. The number of thiophene rings is 1. The highest BCUT2D eigenvalue weighted by molar-refractivity contribution is 7.17. The Morgan fingerprint density at radius 2 is 1.91 bits per heavy atom. The number of imide groups is 1. The number of nitrogens with zero attached hydrogens (tertiary/aromatic N) is 1. The van der Waals surface area contributed by atoms with Crippen molar-refractivity contribution in [1.82, 2.24) is 4.90 Å². The van der Waals surface area contributed by atoms with Crippen LogP contribution in [0.5, 0.6) is 0 Å². The topological polar surface area (TPSA) is 139 Å². The van der Waals surface area contributed by atoms with Gasteiger partial charge in [-0.3, -0.25) is 19.3 Å². The highest BCUT2D eigenvalue weighted by Crippen LogP contribution is 2.38. The summed E-state index contributed by atoms with van der Waals surface area (Å²) in [5.74, 6) is -4.57. The Kier molecular flexibility index (Phi) is 6.00. The Morgan fingerprint density at radius 3 is 2.56 bits per heavy atom. The Balaban J connectivity index is 1.54. The molecule has 1 aromatic heterocycles. The van der Waals surface area contributed by atoms with Crippen molar-refractivity contribution in [3.05, 3.63) is 51.4 Å². The predicted octanol–water partition coefficient (Wildman–Crippen LogP) is 2.35. The Hall–Kier alpha value is -3.57. The molecule has 2 aromatic rings.